The molecule has 0 amide bonds. The first-order chi connectivity index (χ1) is 8.99. The number of rotatable bonds is 5. The van der Waals surface area contributed by atoms with Crippen LogP contribution in [0.15, 0.2) is 40.7 Å². The second-order valence-electron chi connectivity index (χ2n) is 3.57. The molecule has 0 aliphatic heterocycles. The molecule has 2 aromatic heterocycles. The summed E-state index contributed by atoms with van der Waals surface area (Å²) in [5.41, 5.74) is 0.584. The number of carboxylic acids is 1. The highest BCUT2D eigenvalue weighted by Crippen LogP contribution is 2.21. The molecule has 2 heterocycles. The van der Waals surface area contributed by atoms with Crippen LogP contribution in [0, 0.1) is 0 Å². The van der Waals surface area contributed by atoms with Crippen LogP contribution in [0.4, 0.5) is 0 Å². The van der Waals surface area contributed by atoms with Crippen LogP contribution in [-0.4, -0.2) is 24.5 Å². The maximum absolute atomic E-state index is 11.9. The molecule has 0 radical (unpaired) electrons. The van der Waals surface area contributed by atoms with Gasteiger partial charge in [-0.3, -0.25) is 4.98 Å². The Labute approximate surface area is 113 Å². The van der Waals surface area contributed by atoms with Crippen LogP contribution in [0.2, 0.25) is 0 Å². The second-order valence-corrected chi connectivity index (χ2v) is 6.65. The smallest absolute Gasteiger partial charge is 0.345 e. The Kier molecular flexibility index (Phi) is 3.93. The molecule has 0 unspecified atom stereocenters. The highest BCUT2D eigenvalue weighted by Gasteiger charge is 2.18. The van der Waals surface area contributed by atoms with Gasteiger partial charge in [0.1, 0.15) is 9.09 Å². The normalized spacial score (nSPS) is 11.4. The summed E-state index contributed by atoms with van der Waals surface area (Å²) in [7, 11) is -3.71. The highest BCUT2D eigenvalue weighted by atomic mass is 32.2. The summed E-state index contributed by atoms with van der Waals surface area (Å²) in [6, 6.07) is 7.72. The lowest BCUT2D eigenvalue weighted by molar-refractivity contribution is 0.0702. The molecule has 2 aromatic rings. The molecule has 0 bridgehead atoms. The monoisotopic (exact) mass is 298 g/mol. The number of aromatic carboxylic acids is 1. The highest BCUT2D eigenvalue weighted by molar-refractivity contribution is 7.91. The van der Waals surface area contributed by atoms with Crippen molar-refractivity contribution >= 4 is 27.3 Å². The van der Waals surface area contributed by atoms with E-state index in [0.29, 0.717) is 17.0 Å². The van der Waals surface area contributed by atoms with Crippen LogP contribution in [0.25, 0.3) is 0 Å². The Bertz CT molecular complexity index is 680. The van der Waals surface area contributed by atoms with Gasteiger partial charge in [-0.25, -0.2) is 17.9 Å². The molecule has 0 aliphatic rings. The van der Waals surface area contributed by atoms with E-state index in [2.05, 4.69) is 9.71 Å². The van der Waals surface area contributed by atoms with Crippen LogP contribution in [0.3, 0.4) is 0 Å². The predicted octanol–water partition coefficient (Wildman–Crippen LogP) is 1.32. The molecular weight excluding hydrogens is 288 g/mol. The molecule has 6 nitrogen and oxygen atoms in total. The molecule has 0 aromatic carbocycles. The van der Waals surface area contributed by atoms with Crippen molar-refractivity contribution in [1.82, 2.24) is 9.71 Å². The Balaban J connectivity index is 2.12. The van der Waals surface area contributed by atoms with Crippen molar-refractivity contribution < 1.29 is 18.3 Å². The molecule has 8 heteroatoms. The Morgan fingerprint density at radius 2 is 2.11 bits per heavy atom. The molecule has 2 N–H and O–H groups in total. The summed E-state index contributed by atoms with van der Waals surface area (Å²) >= 11 is 0.713. The van der Waals surface area contributed by atoms with E-state index in [1.165, 1.54) is 12.1 Å². The SMILES string of the molecule is O=C(O)c1ccc(S(=O)(=O)NCc2ccccn2)s1. The van der Waals surface area contributed by atoms with Crippen molar-refractivity contribution in [2.75, 3.05) is 0 Å². The van der Waals surface area contributed by atoms with Gasteiger partial charge in [0.25, 0.3) is 0 Å². The van der Waals surface area contributed by atoms with Crippen molar-refractivity contribution in [3.63, 3.8) is 0 Å². The van der Waals surface area contributed by atoms with Crippen LogP contribution in [0.5, 0.6) is 0 Å². The van der Waals surface area contributed by atoms with Crippen LogP contribution in [0.1, 0.15) is 15.4 Å². The van der Waals surface area contributed by atoms with E-state index in [1.807, 2.05) is 0 Å². The van der Waals surface area contributed by atoms with Crippen molar-refractivity contribution in [2.24, 2.45) is 0 Å². The number of hydrogen-bond donors (Lipinski definition) is 2. The Morgan fingerprint density at radius 3 is 2.68 bits per heavy atom. The maximum Gasteiger partial charge on any atom is 0.345 e. The third kappa shape index (κ3) is 3.37. The van der Waals surface area contributed by atoms with E-state index in [0.717, 1.165) is 0 Å². The van der Waals surface area contributed by atoms with E-state index in [4.69, 9.17) is 5.11 Å². The minimum atomic E-state index is -3.71. The first kappa shape index (κ1) is 13.7. The lowest BCUT2D eigenvalue weighted by Gasteiger charge is -2.03. The minimum absolute atomic E-state index is 0.0155. The number of nitrogens with zero attached hydrogens (tertiary/aromatic N) is 1. The van der Waals surface area contributed by atoms with Gasteiger partial charge >= 0.3 is 5.97 Å². The number of pyridine rings is 1. The Hall–Kier alpha value is -1.77. The molecule has 0 fully saturated rings. The van der Waals surface area contributed by atoms with Crippen LogP contribution < -0.4 is 4.72 Å². The standard InChI is InChI=1S/C11H10N2O4S2/c14-11(15)9-4-5-10(18-9)19(16,17)13-7-8-3-1-2-6-12-8/h1-6,13H,7H2,(H,14,15). The molecule has 0 spiro atoms. The first-order valence-electron chi connectivity index (χ1n) is 5.22. The summed E-state index contributed by atoms with van der Waals surface area (Å²) in [4.78, 5) is 14.7. The fraction of sp³-hybridized carbons (Fsp3) is 0.0909. The van der Waals surface area contributed by atoms with Gasteiger partial charge in [0.2, 0.25) is 10.0 Å². The number of nitrogens with one attached hydrogen (secondary N) is 1. The quantitative estimate of drug-likeness (QED) is 0.867. The zero-order valence-corrected chi connectivity index (χ0v) is 11.2. The summed E-state index contributed by atoms with van der Waals surface area (Å²) in [6.45, 7) is 0.0590. The van der Waals surface area contributed by atoms with Crippen molar-refractivity contribution in [2.45, 2.75) is 10.8 Å². The average Bonchev–Trinajstić information content (AvgIpc) is 2.88. The number of hydrogen-bond acceptors (Lipinski definition) is 5. The zero-order chi connectivity index (χ0) is 13.9. The Morgan fingerprint density at radius 1 is 1.32 bits per heavy atom. The average molecular weight is 298 g/mol. The molecule has 0 atom stereocenters. The van der Waals surface area contributed by atoms with Crippen molar-refractivity contribution in [1.29, 1.82) is 0 Å². The van der Waals surface area contributed by atoms with Gasteiger partial charge in [-0.2, -0.15) is 0 Å². The summed E-state index contributed by atoms with van der Waals surface area (Å²) in [5, 5.41) is 8.76. The van der Waals surface area contributed by atoms with E-state index >= 15 is 0 Å². The van der Waals surface area contributed by atoms with Gasteiger partial charge in [0.05, 0.1) is 12.2 Å². The van der Waals surface area contributed by atoms with Gasteiger partial charge < -0.3 is 5.11 Å². The minimum Gasteiger partial charge on any atom is -0.477 e. The summed E-state index contributed by atoms with van der Waals surface area (Å²) in [5.74, 6) is -1.14. The van der Waals surface area contributed by atoms with Gasteiger partial charge in [-0.15, -0.1) is 11.3 Å². The van der Waals surface area contributed by atoms with Gasteiger partial charge in [-0.1, -0.05) is 6.07 Å². The fourth-order valence-corrected chi connectivity index (χ4v) is 3.51. The molecule has 2 rings (SSSR count). The van der Waals surface area contributed by atoms with Crippen LogP contribution >= 0.6 is 11.3 Å². The third-order valence-electron chi connectivity index (χ3n) is 2.23. The second kappa shape index (κ2) is 5.47. The molecule has 100 valence electrons. The summed E-state index contributed by atoms with van der Waals surface area (Å²) < 4.78 is 26.2. The van der Waals surface area contributed by atoms with Gasteiger partial charge in [0.15, 0.2) is 0 Å². The molecule has 0 saturated heterocycles. The molecular formula is C11H10N2O4S2. The molecule has 19 heavy (non-hydrogen) atoms. The van der Waals surface area contributed by atoms with E-state index in [9.17, 15) is 13.2 Å². The number of carboxylic acid groups (broad SMARTS) is 1. The predicted molar refractivity (Wildman–Crippen MR) is 69.5 cm³/mol. The molecule has 0 saturated carbocycles. The third-order valence-corrected chi connectivity index (χ3v) is 5.19. The lowest BCUT2D eigenvalue weighted by Crippen LogP contribution is -2.22. The van der Waals surface area contributed by atoms with Gasteiger partial charge in [0, 0.05) is 6.20 Å². The van der Waals surface area contributed by atoms with E-state index in [1.54, 1.807) is 24.4 Å². The maximum atomic E-state index is 11.9. The van der Waals surface area contributed by atoms with Gasteiger partial charge in [-0.05, 0) is 24.3 Å². The number of sulfonamides is 1. The first-order valence-corrected chi connectivity index (χ1v) is 7.52. The zero-order valence-electron chi connectivity index (χ0n) is 9.61. The van der Waals surface area contributed by atoms with Crippen molar-refractivity contribution in [3.8, 4) is 0 Å². The largest absolute Gasteiger partial charge is 0.477 e. The topological polar surface area (TPSA) is 96.4 Å². The number of thiophene rings is 1. The number of aromatic nitrogens is 1. The van der Waals surface area contributed by atoms with E-state index in [-0.39, 0.29) is 15.6 Å². The summed E-state index contributed by atoms with van der Waals surface area (Å²) in [6.07, 6.45) is 1.57. The van der Waals surface area contributed by atoms with Crippen molar-refractivity contribution in [3.05, 3.63) is 47.1 Å². The van der Waals surface area contributed by atoms with E-state index < -0.39 is 16.0 Å². The molecule has 0 aliphatic carbocycles. The fourth-order valence-electron chi connectivity index (χ4n) is 1.32. The lowest BCUT2D eigenvalue weighted by atomic mass is 10.4. The number of carbonyl (C=O) groups is 1. The van der Waals surface area contributed by atoms with Crippen LogP contribution in [-0.2, 0) is 16.6 Å².